The van der Waals surface area contributed by atoms with Gasteiger partial charge in [-0.2, -0.15) is 0 Å². The second-order valence-corrected chi connectivity index (χ2v) is 1.73. The number of hydrogen-bond donors (Lipinski definition) is 0. The van der Waals surface area contributed by atoms with Gasteiger partial charge in [0.2, 0.25) is 0 Å². The molecule has 0 amide bonds. The van der Waals surface area contributed by atoms with E-state index in [1.807, 2.05) is 13.0 Å². The predicted molar refractivity (Wildman–Crippen MR) is 34.7 cm³/mol. The Bertz CT molecular complexity index is 92.6. The Labute approximate surface area is 50.4 Å². The van der Waals surface area contributed by atoms with Gasteiger partial charge in [0.15, 0.2) is 0 Å². The topological polar surface area (TPSA) is 17.1 Å². The molecule has 0 fully saturated rings. The molecule has 0 rings (SSSR count). The summed E-state index contributed by atoms with van der Waals surface area (Å²) in [6.45, 7) is 3.95. The van der Waals surface area contributed by atoms with Crippen LogP contribution in [0.3, 0.4) is 0 Å². The van der Waals surface area contributed by atoms with Gasteiger partial charge in [-0.05, 0) is 18.9 Å². The molecule has 0 N–H and O–H groups in total. The van der Waals surface area contributed by atoms with E-state index >= 15 is 0 Å². The van der Waals surface area contributed by atoms with Crippen LogP contribution in [0.2, 0.25) is 0 Å². The van der Waals surface area contributed by atoms with Crippen molar-refractivity contribution in [3.63, 3.8) is 0 Å². The average Bonchev–Trinajstić information content (AvgIpc) is 1.83. The minimum Gasteiger partial charge on any atom is -0.298 e. The summed E-state index contributed by atoms with van der Waals surface area (Å²) in [4.78, 5) is 10.1. The molecule has 0 bridgehead atoms. The van der Waals surface area contributed by atoms with Crippen molar-refractivity contribution in [1.29, 1.82) is 0 Å². The van der Waals surface area contributed by atoms with E-state index in [0.29, 0.717) is 0 Å². The van der Waals surface area contributed by atoms with Gasteiger partial charge in [-0.25, -0.2) is 0 Å². The Morgan fingerprint density at radius 2 is 2.25 bits per heavy atom. The lowest BCUT2D eigenvalue weighted by Gasteiger charge is -1.89. The third-order valence-electron chi connectivity index (χ3n) is 1.06. The van der Waals surface area contributed by atoms with Crippen LogP contribution in [0, 0.1) is 0 Å². The maximum atomic E-state index is 10.1. The second kappa shape index (κ2) is 4.57. The summed E-state index contributed by atoms with van der Waals surface area (Å²) in [5.74, 6) is 0. The summed E-state index contributed by atoms with van der Waals surface area (Å²) in [6, 6.07) is 0. The number of allylic oxidation sites excluding steroid dienone is 2. The molecule has 0 heterocycles. The standard InChI is InChI=1S/C7H12O/c1-3-5-7(4-2)6-8/h4,6H,3,5H2,1-2H3/b7-4+. The van der Waals surface area contributed by atoms with Gasteiger partial charge < -0.3 is 0 Å². The van der Waals surface area contributed by atoms with Gasteiger partial charge in [-0.1, -0.05) is 19.4 Å². The molecule has 0 atom stereocenters. The number of carbonyl (C=O) groups is 1. The molecule has 0 radical (unpaired) electrons. The Balaban J connectivity index is 3.54. The van der Waals surface area contributed by atoms with Crippen molar-refractivity contribution in [2.45, 2.75) is 26.7 Å². The smallest absolute Gasteiger partial charge is 0.145 e. The average molecular weight is 112 g/mol. The lowest BCUT2D eigenvalue weighted by atomic mass is 10.2. The van der Waals surface area contributed by atoms with Crippen molar-refractivity contribution in [3.8, 4) is 0 Å². The van der Waals surface area contributed by atoms with Gasteiger partial charge >= 0.3 is 0 Å². The van der Waals surface area contributed by atoms with Crippen molar-refractivity contribution in [2.75, 3.05) is 0 Å². The van der Waals surface area contributed by atoms with E-state index in [1.54, 1.807) is 0 Å². The largest absolute Gasteiger partial charge is 0.298 e. The lowest BCUT2D eigenvalue weighted by molar-refractivity contribution is -0.105. The minimum atomic E-state index is 0.910. The summed E-state index contributed by atoms with van der Waals surface area (Å²) in [5.41, 5.74) is 0.910. The molecule has 0 aromatic rings. The predicted octanol–water partition coefficient (Wildman–Crippen LogP) is 1.93. The fraction of sp³-hybridized carbons (Fsp3) is 0.571. The number of hydrogen-bond acceptors (Lipinski definition) is 1. The molecule has 0 aliphatic heterocycles. The van der Waals surface area contributed by atoms with Gasteiger partial charge in [-0.15, -0.1) is 0 Å². The summed E-state index contributed by atoms with van der Waals surface area (Å²) in [5, 5.41) is 0. The molecular formula is C7H12O. The molecule has 0 aliphatic rings. The zero-order valence-electron chi connectivity index (χ0n) is 5.48. The van der Waals surface area contributed by atoms with Crippen LogP contribution in [-0.4, -0.2) is 6.29 Å². The van der Waals surface area contributed by atoms with E-state index in [2.05, 4.69) is 6.92 Å². The third-order valence-corrected chi connectivity index (χ3v) is 1.06. The molecule has 0 unspecified atom stereocenters. The zero-order valence-corrected chi connectivity index (χ0v) is 5.48. The monoisotopic (exact) mass is 112 g/mol. The minimum absolute atomic E-state index is 0.910. The van der Waals surface area contributed by atoms with Crippen molar-refractivity contribution in [3.05, 3.63) is 11.6 Å². The number of rotatable bonds is 3. The molecule has 1 nitrogen and oxygen atoms in total. The number of carbonyl (C=O) groups excluding carboxylic acids is 1. The van der Waals surface area contributed by atoms with E-state index in [0.717, 1.165) is 24.7 Å². The quantitative estimate of drug-likeness (QED) is 0.402. The highest BCUT2D eigenvalue weighted by atomic mass is 16.1. The van der Waals surface area contributed by atoms with Crippen LogP contribution >= 0.6 is 0 Å². The molecule has 0 aliphatic carbocycles. The molecular weight excluding hydrogens is 100 g/mol. The van der Waals surface area contributed by atoms with Crippen LogP contribution in [0.25, 0.3) is 0 Å². The molecule has 46 valence electrons. The highest BCUT2D eigenvalue weighted by Gasteiger charge is 1.87. The first kappa shape index (κ1) is 7.41. The highest BCUT2D eigenvalue weighted by Crippen LogP contribution is 1.98. The summed E-state index contributed by atoms with van der Waals surface area (Å²) >= 11 is 0. The third kappa shape index (κ3) is 2.56. The van der Waals surface area contributed by atoms with Gasteiger partial charge in [0.1, 0.15) is 6.29 Å². The lowest BCUT2D eigenvalue weighted by Crippen LogP contribution is -1.80. The second-order valence-electron chi connectivity index (χ2n) is 1.73. The van der Waals surface area contributed by atoms with Gasteiger partial charge in [-0.3, -0.25) is 4.79 Å². The molecule has 0 aromatic carbocycles. The molecule has 0 saturated carbocycles. The Kier molecular flexibility index (Phi) is 4.23. The van der Waals surface area contributed by atoms with E-state index in [-0.39, 0.29) is 0 Å². The Morgan fingerprint density at radius 3 is 2.38 bits per heavy atom. The Morgan fingerprint density at radius 1 is 1.62 bits per heavy atom. The molecule has 1 heteroatoms. The number of aldehydes is 1. The van der Waals surface area contributed by atoms with Crippen LogP contribution in [-0.2, 0) is 4.79 Å². The van der Waals surface area contributed by atoms with Gasteiger partial charge in [0, 0.05) is 0 Å². The van der Waals surface area contributed by atoms with Crippen molar-refractivity contribution in [2.24, 2.45) is 0 Å². The zero-order chi connectivity index (χ0) is 6.41. The van der Waals surface area contributed by atoms with Crippen LogP contribution in [0.5, 0.6) is 0 Å². The molecule has 0 spiro atoms. The van der Waals surface area contributed by atoms with Crippen molar-refractivity contribution < 1.29 is 4.79 Å². The van der Waals surface area contributed by atoms with Crippen molar-refractivity contribution in [1.82, 2.24) is 0 Å². The van der Waals surface area contributed by atoms with Crippen LogP contribution < -0.4 is 0 Å². The summed E-state index contributed by atoms with van der Waals surface area (Å²) in [6.07, 6.45) is 4.75. The van der Waals surface area contributed by atoms with Gasteiger partial charge in [0.05, 0.1) is 0 Å². The van der Waals surface area contributed by atoms with E-state index in [9.17, 15) is 4.79 Å². The fourth-order valence-corrected chi connectivity index (χ4v) is 0.560. The van der Waals surface area contributed by atoms with Crippen LogP contribution in [0.15, 0.2) is 11.6 Å². The maximum absolute atomic E-state index is 10.1. The summed E-state index contributed by atoms with van der Waals surface area (Å²) in [7, 11) is 0. The first-order valence-corrected chi connectivity index (χ1v) is 2.95. The summed E-state index contributed by atoms with van der Waals surface area (Å²) < 4.78 is 0. The molecule has 0 saturated heterocycles. The van der Waals surface area contributed by atoms with E-state index < -0.39 is 0 Å². The van der Waals surface area contributed by atoms with E-state index in [1.165, 1.54) is 0 Å². The van der Waals surface area contributed by atoms with Gasteiger partial charge in [0.25, 0.3) is 0 Å². The Hall–Kier alpha value is -0.590. The van der Waals surface area contributed by atoms with Crippen molar-refractivity contribution >= 4 is 6.29 Å². The van der Waals surface area contributed by atoms with E-state index in [4.69, 9.17) is 0 Å². The van der Waals surface area contributed by atoms with Crippen LogP contribution in [0.1, 0.15) is 26.7 Å². The normalized spacial score (nSPS) is 11.5. The SMILES string of the molecule is C/C=C(/C=O)CCC. The maximum Gasteiger partial charge on any atom is 0.145 e. The first-order chi connectivity index (χ1) is 3.85. The fourth-order valence-electron chi connectivity index (χ4n) is 0.560. The van der Waals surface area contributed by atoms with Crippen LogP contribution in [0.4, 0.5) is 0 Å². The molecule has 0 aromatic heterocycles. The highest BCUT2D eigenvalue weighted by molar-refractivity contribution is 5.72. The first-order valence-electron chi connectivity index (χ1n) is 2.95. The molecule has 8 heavy (non-hydrogen) atoms.